The van der Waals surface area contributed by atoms with Crippen LogP contribution in [0.1, 0.15) is 31.8 Å². The molecule has 0 saturated heterocycles. The van der Waals surface area contributed by atoms with Crippen molar-refractivity contribution in [2.75, 3.05) is 0 Å². The van der Waals surface area contributed by atoms with E-state index in [1.54, 1.807) is 22.9 Å². The van der Waals surface area contributed by atoms with Crippen molar-refractivity contribution in [1.29, 1.82) is 0 Å². The molecule has 196 valence electrons. The summed E-state index contributed by atoms with van der Waals surface area (Å²) in [4.78, 5) is 24.7. The van der Waals surface area contributed by atoms with E-state index in [4.69, 9.17) is 5.11 Å². The maximum absolute atomic E-state index is 13.6. The van der Waals surface area contributed by atoms with Crippen LogP contribution in [0.15, 0.2) is 103 Å². The fourth-order valence-corrected chi connectivity index (χ4v) is 4.77. The van der Waals surface area contributed by atoms with Crippen LogP contribution in [0.3, 0.4) is 0 Å². The first-order chi connectivity index (χ1) is 19.4. The molecule has 0 aliphatic carbocycles. The molecule has 7 nitrogen and oxygen atoms in total. The van der Waals surface area contributed by atoms with Gasteiger partial charge < -0.3 is 10.4 Å². The summed E-state index contributed by atoms with van der Waals surface area (Å²) in [7, 11) is 0. The summed E-state index contributed by atoms with van der Waals surface area (Å²) in [5.41, 5.74) is 5.27. The molecule has 1 amide bonds. The number of hydrogen-bond donors (Lipinski definition) is 2. The van der Waals surface area contributed by atoms with Crippen LogP contribution in [0, 0.1) is 5.82 Å². The van der Waals surface area contributed by atoms with Crippen molar-refractivity contribution in [3.05, 3.63) is 131 Å². The highest BCUT2D eigenvalue weighted by Gasteiger charge is 2.19. The van der Waals surface area contributed by atoms with E-state index in [0.717, 1.165) is 33.0 Å². The van der Waals surface area contributed by atoms with Gasteiger partial charge in [0.1, 0.15) is 16.9 Å². The average Bonchev–Trinajstić information content (AvgIpc) is 3.38. The number of aromatic nitrogens is 3. The van der Waals surface area contributed by atoms with E-state index in [1.165, 1.54) is 24.3 Å². The average molecular weight is 531 g/mol. The van der Waals surface area contributed by atoms with E-state index in [-0.39, 0.29) is 23.8 Å². The summed E-state index contributed by atoms with van der Waals surface area (Å²) in [6.07, 6.45) is 0. The van der Waals surface area contributed by atoms with E-state index in [0.29, 0.717) is 23.1 Å². The van der Waals surface area contributed by atoms with Gasteiger partial charge in [-0.1, -0.05) is 65.9 Å². The number of halogens is 1. The van der Waals surface area contributed by atoms with Gasteiger partial charge in [0.15, 0.2) is 0 Å². The van der Waals surface area contributed by atoms with Gasteiger partial charge in [0, 0.05) is 6.54 Å². The topological polar surface area (TPSA) is 97.1 Å². The van der Waals surface area contributed by atoms with Crippen molar-refractivity contribution >= 4 is 33.7 Å². The van der Waals surface area contributed by atoms with Gasteiger partial charge >= 0.3 is 5.97 Å². The fourth-order valence-electron chi connectivity index (χ4n) is 4.77. The van der Waals surface area contributed by atoms with Crippen LogP contribution < -0.4 is 5.32 Å². The van der Waals surface area contributed by atoms with Crippen molar-refractivity contribution in [2.45, 2.75) is 13.1 Å². The molecule has 40 heavy (non-hydrogen) atoms. The van der Waals surface area contributed by atoms with E-state index < -0.39 is 5.97 Å². The van der Waals surface area contributed by atoms with Crippen molar-refractivity contribution in [2.24, 2.45) is 0 Å². The molecule has 6 rings (SSSR count). The van der Waals surface area contributed by atoms with Gasteiger partial charge in [-0.25, -0.2) is 13.9 Å². The number of aromatic carboxylic acids is 1. The normalized spacial score (nSPS) is 11.1. The Balaban J connectivity index is 1.36. The Kier molecular flexibility index (Phi) is 6.49. The Morgan fingerprint density at radius 2 is 1.52 bits per heavy atom. The van der Waals surface area contributed by atoms with E-state index in [2.05, 4.69) is 15.6 Å². The van der Waals surface area contributed by atoms with Gasteiger partial charge in [-0.15, -0.1) is 5.10 Å². The molecule has 1 aromatic heterocycles. The van der Waals surface area contributed by atoms with Crippen LogP contribution in [0.4, 0.5) is 4.39 Å². The van der Waals surface area contributed by atoms with Crippen LogP contribution in [0.2, 0.25) is 0 Å². The molecule has 0 aliphatic rings. The standard InChI is InChI=1S/C32H23FN4O3/c33-27-13-12-24-14-21(8-11-25(24)15-27)19-37-30-28(31(38)34-18-20-6-9-23(10-7-20)32(39)40)16-26(17-29(30)35-36-37)22-4-2-1-3-5-22/h1-17H,18-19H2,(H,34,38)(H,39,40). The monoisotopic (exact) mass is 530 g/mol. The molecule has 6 aromatic rings. The molecule has 0 unspecified atom stereocenters. The Bertz CT molecular complexity index is 1880. The Morgan fingerprint density at radius 3 is 2.30 bits per heavy atom. The number of carbonyl (C=O) groups excluding carboxylic acids is 1. The summed E-state index contributed by atoms with van der Waals surface area (Å²) in [6, 6.07) is 30.3. The Labute approximate surface area is 228 Å². The van der Waals surface area contributed by atoms with Gasteiger partial charge in [-0.05, 0) is 75.5 Å². The van der Waals surface area contributed by atoms with E-state index in [9.17, 15) is 14.0 Å². The zero-order valence-electron chi connectivity index (χ0n) is 21.2. The minimum atomic E-state index is -1.00. The lowest BCUT2D eigenvalue weighted by Gasteiger charge is -2.12. The first kappa shape index (κ1) is 24.9. The highest BCUT2D eigenvalue weighted by Crippen LogP contribution is 2.28. The van der Waals surface area contributed by atoms with Gasteiger partial charge in [0.2, 0.25) is 0 Å². The van der Waals surface area contributed by atoms with Crippen LogP contribution in [0.5, 0.6) is 0 Å². The lowest BCUT2D eigenvalue weighted by atomic mass is 10.0. The lowest BCUT2D eigenvalue weighted by molar-refractivity contribution is 0.0696. The van der Waals surface area contributed by atoms with Crippen LogP contribution >= 0.6 is 0 Å². The fraction of sp³-hybridized carbons (Fsp3) is 0.0625. The first-order valence-electron chi connectivity index (χ1n) is 12.7. The van der Waals surface area contributed by atoms with Gasteiger partial charge in [0.05, 0.1) is 17.7 Å². The summed E-state index contributed by atoms with van der Waals surface area (Å²) < 4.78 is 15.3. The highest BCUT2D eigenvalue weighted by molar-refractivity contribution is 6.06. The Morgan fingerprint density at radius 1 is 0.800 bits per heavy atom. The zero-order valence-corrected chi connectivity index (χ0v) is 21.2. The molecule has 0 radical (unpaired) electrons. The van der Waals surface area contributed by atoms with Crippen LogP contribution in [-0.4, -0.2) is 32.0 Å². The zero-order chi connectivity index (χ0) is 27.6. The molecule has 8 heteroatoms. The van der Waals surface area contributed by atoms with Crippen molar-refractivity contribution < 1.29 is 19.1 Å². The predicted molar refractivity (Wildman–Crippen MR) is 151 cm³/mol. The number of carbonyl (C=O) groups is 2. The summed E-state index contributed by atoms with van der Waals surface area (Å²) in [6.45, 7) is 0.587. The van der Waals surface area contributed by atoms with Gasteiger partial charge in [0.25, 0.3) is 5.91 Å². The molecule has 1 heterocycles. The number of hydrogen-bond acceptors (Lipinski definition) is 4. The number of fused-ring (bicyclic) bond motifs is 2. The number of nitrogens with zero attached hydrogens (tertiary/aromatic N) is 3. The third-order valence-electron chi connectivity index (χ3n) is 6.81. The summed E-state index contributed by atoms with van der Waals surface area (Å²) in [5, 5.41) is 22.6. The smallest absolute Gasteiger partial charge is 0.335 e. The highest BCUT2D eigenvalue weighted by atomic mass is 19.1. The number of nitrogens with one attached hydrogen (secondary N) is 1. The third-order valence-corrected chi connectivity index (χ3v) is 6.81. The number of benzene rings is 5. The molecule has 0 fully saturated rings. The second kappa shape index (κ2) is 10.4. The van der Waals surface area contributed by atoms with Crippen molar-refractivity contribution in [1.82, 2.24) is 20.3 Å². The molecule has 5 aromatic carbocycles. The molecular weight excluding hydrogens is 507 g/mol. The maximum Gasteiger partial charge on any atom is 0.335 e. The maximum atomic E-state index is 13.6. The molecule has 0 aliphatic heterocycles. The number of carboxylic acid groups (broad SMARTS) is 1. The largest absolute Gasteiger partial charge is 0.478 e. The quantitative estimate of drug-likeness (QED) is 0.261. The molecule has 0 saturated carbocycles. The second-order valence-electron chi connectivity index (χ2n) is 9.52. The first-order valence-corrected chi connectivity index (χ1v) is 12.7. The molecule has 0 bridgehead atoms. The van der Waals surface area contributed by atoms with Crippen LogP contribution in [-0.2, 0) is 13.1 Å². The third kappa shape index (κ3) is 5.02. The Hall–Kier alpha value is -5.37. The lowest BCUT2D eigenvalue weighted by Crippen LogP contribution is -2.24. The SMILES string of the molecule is O=C(O)c1ccc(CNC(=O)c2cc(-c3ccccc3)cc3nnn(Cc4ccc5cc(F)ccc5c4)c23)cc1. The molecule has 2 N–H and O–H groups in total. The van der Waals surface area contributed by atoms with E-state index >= 15 is 0 Å². The summed E-state index contributed by atoms with van der Waals surface area (Å²) >= 11 is 0. The number of rotatable bonds is 7. The van der Waals surface area contributed by atoms with Gasteiger partial charge in [-0.2, -0.15) is 0 Å². The number of amides is 1. The second-order valence-corrected chi connectivity index (χ2v) is 9.52. The minimum Gasteiger partial charge on any atom is -0.478 e. The minimum absolute atomic E-state index is 0.182. The summed E-state index contributed by atoms with van der Waals surface area (Å²) in [5.74, 6) is -1.59. The number of carboxylic acids is 1. The molecule has 0 atom stereocenters. The molecule has 0 spiro atoms. The van der Waals surface area contributed by atoms with Crippen LogP contribution in [0.25, 0.3) is 32.9 Å². The van der Waals surface area contributed by atoms with Crippen molar-refractivity contribution in [3.8, 4) is 11.1 Å². The molecular formula is C32H23FN4O3. The van der Waals surface area contributed by atoms with E-state index in [1.807, 2.05) is 60.7 Å². The predicted octanol–water partition coefficient (Wildman–Crippen LogP) is 6.07. The van der Waals surface area contributed by atoms with Gasteiger partial charge in [-0.3, -0.25) is 4.79 Å². The van der Waals surface area contributed by atoms with Crippen molar-refractivity contribution in [3.63, 3.8) is 0 Å².